The van der Waals surface area contributed by atoms with Crippen molar-refractivity contribution < 1.29 is 9.90 Å². The van der Waals surface area contributed by atoms with E-state index in [9.17, 15) is 9.70 Å². The molecule has 1 unspecified atom stereocenters. The number of aliphatic carboxylic acids is 1. The van der Waals surface area contributed by atoms with Crippen molar-refractivity contribution in [3.63, 3.8) is 0 Å². The smallest absolute Gasteiger partial charge is 0.310 e. The molecule has 0 aliphatic heterocycles. The lowest BCUT2D eigenvalue weighted by Crippen LogP contribution is -2.06. The van der Waals surface area contributed by atoms with Gasteiger partial charge in [-0.25, -0.2) is 0 Å². The Hall–Kier alpha value is -1.71. The van der Waals surface area contributed by atoms with Crippen molar-refractivity contribution in [3.05, 3.63) is 34.7 Å². The van der Waals surface area contributed by atoms with Crippen molar-refractivity contribution in [3.8, 4) is 0 Å². The highest BCUT2D eigenvalue weighted by Gasteiger charge is 2.12. The maximum atomic E-state index is 10.6. The highest BCUT2D eigenvalue weighted by molar-refractivity contribution is 5.75. The summed E-state index contributed by atoms with van der Waals surface area (Å²) < 4.78 is 0. The lowest BCUT2D eigenvalue weighted by atomic mass is 10.0. The lowest BCUT2D eigenvalue weighted by molar-refractivity contribution is -0.138. The van der Waals surface area contributed by atoms with Gasteiger partial charge in [0.2, 0.25) is 0 Å². The molecule has 1 N–H and O–H groups in total. The van der Waals surface area contributed by atoms with Crippen LogP contribution in [-0.4, -0.2) is 11.1 Å². The zero-order valence-corrected chi connectivity index (χ0v) is 7.10. The first-order valence-electron chi connectivity index (χ1n) is 3.81. The third kappa shape index (κ3) is 2.11. The van der Waals surface area contributed by atoms with Gasteiger partial charge >= 0.3 is 5.97 Å². The summed E-state index contributed by atoms with van der Waals surface area (Å²) in [4.78, 5) is 20.6. The van der Waals surface area contributed by atoms with Crippen LogP contribution in [0.3, 0.4) is 0 Å². The van der Waals surface area contributed by atoms with Gasteiger partial charge in [-0.2, -0.15) is 0 Å². The third-order valence-corrected chi connectivity index (χ3v) is 1.87. The predicted octanol–water partition coefficient (Wildman–Crippen LogP) is 2.27. The molecule has 0 fully saturated rings. The number of nitroso groups, excluding NO2 is 1. The molecular formula is C9H9NO3. The fraction of sp³-hybridized carbons (Fsp3) is 0.222. The molecule has 1 rings (SSSR count). The molecule has 0 bridgehead atoms. The SMILES string of the molecule is CC(C(=O)O)c1ccc(N=O)cc1. The minimum atomic E-state index is -0.883. The van der Waals surface area contributed by atoms with Gasteiger partial charge in [-0.15, -0.1) is 4.91 Å². The average molecular weight is 179 g/mol. The molecule has 0 radical (unpaired) electrons. The van der Waals surface area contributed by atoms with E-state index in [0.717, 1.165) is 0 Å². The van der Waals surface area contributed by atoms with E-state index in [2.05, 4.69) is 5.18 Å². The molecule has 4 nitrogen and oxygen atoms in total. The summed E-state index contributed by atoms with van der Waals surface area (Å²) in [5.74, 6) is -1.44. The quantitative estimate of drug-likeness (QED) is 0.723. The van der Waals surface area contributed by atoms with E-state index >= 15 is 0 Å². The van der Waals surface area contributed by atoms with E-state index < -0.39 is 11.9 Å². The van der Waals surface area contributed by atoms with Gasteiger partial charge in [0.1, 0.15) is 5.69 Å². The Morgan fingerprint density at radius 1 is 1.38 bits per heavy atom. The molecule has 0 aliphatic rings. The standard InChI is InChI=1S/C9H9NO3/c1-6(9(11)12)7-2-4-8(10-13)5-3-7/h2-6H,1H3,(H,11,12). The summed E-state index contributed by atoms with van der Waals surface area (Å²) in [5, 5.41) is 11.4. The zero-order valence-electron chi connectivity index (χ0n) is 7.10. The van der Waals surface area contributed by atoms with Crippen LogP contribution in [0.1, 0.15) is 18.4 Å². The Kier molecular flexibility index (Phi) is 2.74. The monoisotopic (exact) mass is 179 g/mol. The number of nitrogens with zero attached hydrogens (tertiary/aromatic N) is 1. The molecule has 1 atom stereocenters. The van der Waals surface area contributed by atoms with Crippen LogP contribution in [0.15, 0.2) is 29.4 Å². The van der Waals surface area contributed by atoms with E-state index in [1.54, 1.807) is 19.1 Å². The summed E-state index contributed by atoms with van der Waals surface area (Å²) in [6, 6.07) is 6.19. The van der Waals surface area contributed by atoms with Gasteiger partial charge in [0, 0.05) is 0 Å². The van der Waals surface area contributed by atoms with Crippen LogP contribution in [-0.2, 0) is 4.79 Å². The molecule has 13 heavy (non-hydrogen) atoms. The molecule has 1 aromatic rings. The van der Waals surface area contributed by atoms with E-state index in [1.165, 1.54) is 12.1 Å². The van der Waals surface area contributed by atoms with Gasteiger partial charge in [0.25, 0.3) is 0 Å². The molecule has 68 valence electrons. The zero-order chi connectivity index (χ0) is 9.84. The summed E-state index contributed by atoms with van der Waals surface area (Å²) in [5.41, 5.74) is 0.973. The number of carboxylic acid groups (broad SMARTS) is 1. The van der Waals surface area contributed by atoms with Crippen molar-refractivity contribution in [2.24, 2.45) is 5.18 Å². The van der Waals surface area contributed by atoms with Gasteiger partial charge in [-0.1, -0.05) is 12.1 Å². The Balaban J connectivity index is 2.91. The van der Waals surface area contributed by atoms with Crippen molar-refractivity contribution in [2.45, 2.75) is 12.8 Å². The van der Waals surface area contributed by atoms with Gasteiger partial charge in [0.05, 0.1) is 5.92 Å². The number of carboxylic acids is 1. The normalized spacial score (nSPS) is 12.1. The first-order chi connectivity index (χ1) is 6.15. The maximum absolute atomic E-state index is 10.6. The van der Waals surface area contributed by atoms with E-state index in [-0.39, 0.29) is 0 Å². The number of rotatable bonds is 3. The van der Waals surface area contributed by atoms with Crippen molar-refractivity contribution >= 4 is 11.7 Å². The molecule has 0 spiro atoms. The van der Waals surface area contributed by atoms with Crippen LogP contribution in [0.25, 0.3) is 0 Å². The fourth-order valence-electron chi connectivity index (χ4n) is 0.966. The number of hydrogen-bond donors (Lipinski definition) is 1. The molecule has 1 aromatic carbocycles. The second kappa shape index (κ2) is 3.80. The first kappa shape index (κ1) is 9.38. The molecule has 0 aromatic heterocycles. The molecular weight excluding hydrogens is 170 g/mol. The van der Waals surface area contributed by atoms with E-state index in [0.29, 0.717) is 11.3 Å². The summed E-state index contributed by atoms with van der Waals surface area (Å²) in [6.45, 7) is 1.59. The van der Waals surface area contributed by atoms with Crippen LogP contribution >= 0.6 is 0 Å². The molecule has 0 aliphatic carbocycles. The topological polar surface area (TPSA) is 66.7 Å². The second-order valence-electron chi connectivity index (χ2n) is 2.74. The Morgan fingerprint density at radius 3 is 2.31 bits per heavy atom. The van der Waals surface area contributed by atoms with Gasteiger partial charge in [-0.3, -0.25) is 4.79 Å². The van der Waals surface area contributed by atoms with Gasteiger partial charge in [-0.05, 0) is 29.8 Å². The minimum Gasteiger partial charge on any atom is -0.481 e. The number of hydrogen-bond acceptors (Lipinski definition) is 3. The van der Waals surface area contributed by atoms with Crippen LogP contribution in [0, 0.1) is 4.91 Å². The molecule has 0 saturated heterocycles. The molecule has 4 heteroatoms. The summed E-state index contributed by atoms with van der Waals surface area (Å²) >= 11 is 0. The third-order valence-electron chi connectivity index (χ3n) is 1.87. The van der Waals surface area contributed by atoms with Crippen LogP contribution in [0.5, 0.6) is 0 Å². The lowest BCUT2D eigenvalue weighted by Gasteiger charge is -2.05. The average Bonchev–Trinajstić information content (AvgIpc) is 2.17. The van der Waals surface area contributed by atoms with Crippen LogP contribution in [0.2, 0.25) is 0 Å². The summed E-state index contributed by atoms with van der Waals surface area (Å²) in [7, 11) is 0. The minimum absolute atomic E-state index is 0.307. The number of carbonyl (C=O) groups is 1. The molecule has 0 heterocycles. The number of benzene rings is 1. The Morgan fingerprint density at radius 2 is 1.92 bits per heavy atom. The van der Waals surface area contributed by atoms with Gasteiger partial charge in [0.15, 0.2) is 0 Å². The maximum Gasteiger partial charge on any atom is 0.310 e. The van der Waals surface area contributed by atoms with E-state index in [1.807, 2.05) is 0 Å². The fourth-order valence-corrected chi connectivity index (χ4v) is 0.966. The van der Waals surface area contributed by atoms with Gasteiger partial charge < -0.3 is 5.11 Å². The first-order valence-corrected chi connectivity index (χ1v) is 3.81. The molecule has 0 amide bonds. The van der Waals surface area contributed by atoms with Crippen molar-refractivity contribution in [1.29, 1.82) is 0 Å². The van der Waals surface area contributed by atoms with Crippen molar-refractivity contribution in [1.82, 2.24) is 0 Å². The van der Waals surface area contributed by atoms with Crippen molar-refractivity contribution in [2.75, 3.05) is 0 Å². The van der Waals surface area contributed by atoms with Crippen LogP contribution in [0.4, 0.5) is 5.69 Å². The Labute approximate surface area is 75.2 Å². The second-order valence-corrected chi connectivity index (χ2v) is 2.74. The predicted molar refractivity (Wildman–Crippen MR) is 47.9 cm³/mol. The highest BCUT2D eigenvalue weighted by Crippen LogP contribution is 2.19. The summed E-state index contributed by atoms with van der Waals surface area (Å²) in [6.07, 6.45) is 0. The largest absolute Gasteiger partial charge is 0.481 e. The van der Waals surface area contributed by atoms with E-state index in [4.69, 9.17) is 5.11 Å². The van der Waals surface area contributed by atoms with Crippen LogP contribution < -0.4 is 0 Å². The Bertz CT molecular complexity index is 318. The molecule has 0 saturated carbocycles. The highest BCUT2D eigenvalue weighted by atomic mass is 16.4.